The van der Waals surface area contributed by atoms with Crippen molar-refractivity contribution in [2.75, 3.05) is 13.3 Å². The molecule has 3 aromatic rings. The van der Waals surface area contributed by atoms with Crippen molar-refractivity contribution in [2.45, 2.75) is 71.1 Å². The van der Waals surface area contributed by atoms with Gasteiger partial charge in [-0.3, -0.25) is 9.59 Å². The smallest absolute Gasteiger partial charge is 0.254 e. The van der Waals surface area contributed by atoms with E-state index in [9.17, 15) is 9.59 Å². The normalized spacial score (nSPS) is 15.0. The Hall–Kier alpha value is -3.45. The molecule has 1 aliphatic carbocycles. The first kappa shape index (κ1) is 27.1. The zero-order valence-electron chi connectivity index (χ0n) is 22.6. The van der Waals surface area contributed by atoms with Gasteiger partial charge in [0.1, 0.15) is 6.54 Å². The summed E-state index contributed by atoms with van der Waals surface area (Å²) in [5.41, 5.74) is 2.57. The van der Waals surface area contributed by atoms with Crippen LogP contribution in [0.5, 0.6) is 11.5 Å². The van der Waals surface area contributed by atoms with Crippen molar-refractivity contribution in [3.8, 4) is 11.5 Å². The largest absolute Gasteiger partial charge is 0.454 e. The number of fused-ring (bicyclic) bond motifs is 1. The van der Waals surface area contributed by atoms with E-state index in [0.717, 1.165) is 42.0 Å². The molecule has 0 spiro atoms. The first-order valence-electron chi connectivity index (χ1n) is 13.8. The van der Waals surface area contributed by atoms with E-state index in [0.29, 0.717) is 30.2 Å². The topological polar surface area (TPSA) is 64.0 Å². The lowest BCUT2D eigenvalue weighted by Gasteiger charge is -2.37. The highest BCUT2D eigenvalue weighted by atomic mass is 35.5. The predicted octanol–water partition coefficient (Wildman–Crippen LogP) is 6.13. The monoisotopic (exact) mass is 549 g/mol. The molecule has 0 N–H and O–H groups in total. The van der Waals surface area contributed by atoms with E-state index in [-0.39, 0.29) is 37.2 Å². The summed E-state index contributed by atoms with van der Waals surface area (Å²) >= 11 is 6.44. The standard InChI is InChI=1S/C31H36ClN3O4/c1-22(2)34(31(37)23-14-15-28-29(17-23)39-21-38-28)20-30(36)35(25-10-4-3-5-11-25)19-26-12-8-16-33(26)18-24-9-6-7-13-27(24)32/h6-9,12-17,22,25H,3-5,10-11,18-21H2,1-2H3. The van der Waals surface area contributed by atoms with Gasteiger partial charge in [0.15, 0.2) is 11.5 Å². The molecule has 2 aromatic carbocycles. The number of benzene rings is 2. The molecule has 0 bridgehead atoms. The molecule has 2 amide bonds. The molecule has 0 saturated heterocycles. The molecular weight excluding hydrogens is 514 g/mol. The molecule has 0 unspecified atom stereocenters. The minimum Gasteiger partial charge on any atom is -0.454 e. The Morgan fingerprint density at radius 3 is 2.54 bits per heavy atom. The third-order valence-electron chi connectivity index (χ3n) is 7.70. The van der Waals surface area contributed by atoms with Crippen molar-refractivity contribution in [1.29, 1.82) is 0 Å². The molecule has 1 aliphatic heterocycles. The Bertz CT molecular complexity index is 1310. The molecule has 0 radical (unpaired) electrons. The number of rotatable bonds is 9. The van der Waals surface area contributed by atoms with Gasteiger partial charge in [0.05, 0.1) is 6.54 Å². The molecule has 8 heteroatoms. The molecule has 206 valence electrons. The maximum Gasteiger partial charge on any atom is 0.254 e. The number of carbonyl (C=O) groups excluding carboxylic acids is 2. The summed E-state index contributed by atoms with van der Waals surface area (Å²) < 4.78 is 13.0. The number of carbonyl (C=O) groups is 2. The van der Waals surface area contributed by atoms with Crippen LogP contribution in [0.2, 0.25) is 5.02 Å². The maximum absolute atomic E-state index is 14.0. The van der Waals surface area contributed by atoms with Crippen LogP contribution in [0.1, 0.15) is 67.6 Å². The van der Waals surface area contributed by atoms with Gasteiger partial charge in [-0.1, -0.05) is 49.1 Å². The molecule has 2 aliphatic rings. The van der Waals surface area contributed by atoms with Crippen molar-refractivity contribution in [3.05, 3.63) is 82.6 Å². The summed E-state index contributed by atoms with van der Waals surface area (Å²) in [7, 11) is 0. The highest BCUT2D eigenvalue weighted by Gasteiger charge is 2.30. The Labute approximate surface area is 235 Å². The Morgan fingerprint density at radius 1 is 1.00 bits per heavy atom. The summed E-state index contributed by atoms with van der Waals surface area (Å²) in [6, 6.07) is 17.1. The van der Waals surface area contributed by atoms with Crippen LogP contribution in [0, 0.1) is 0 Å². The van der Waals surface area contributed by atoms with E-state index in [1.54, 1.807) is 23.1 Å². The second-order valence-electron chi connectivity index (χ2n) is 10.6. The number of halogens is 1. The number of aromatic nitrogens is 1. The first-order valence-corrected chi connectivity index (χ1v) is 14.2. The van der Waals surface area contributed by atoms with Crippen LogP contribution in [0.15, 0.2) is 60.8 Å². The van der Waals surface area contributed by atoms with Crippen molar-refractivity contribution in [1.82, 2.24) is 14.4 Å². The van der Waals surface area contributed by atoms with Crippen LogP contribution in [-0.4, -0.2) is 51.6 Å². The minimum atomic E-state index is -0.192. The average molecular weight is 550 g/mol. The van der Waals surface area contributed by atoms with E-state index in [1.807, 2.05) is 55.3 Å². The number of nitrogens with zero attached hydrogens (tertiary/aromatic N) is 3. The second kappa shape index (κ2) is 12.2. The molecule has 0 atom stereocenters. The highest BCUT2D eigenvalue weighted by molar-refractivity contribution is 6.31. The summed E-state index contributed by atoms with van der Waals surface area (Å²) in [5, 5.41) is 0.729. The fourth-order valence-electron chi connectivity index (χ4n) is 5.47. The molecule has 1 aromatic heterocycles. The van der Waals surface area contributed by atoms with E-state index in [4.69, 9.17) is 21.1 Å². The van der Waals surface area contributed by atoms with Gasteiger partial charge in [-0.2, -0.15) is 0 Å². The summed E-state index contributed by atoms with van der Waals surface area (Å²) in [4.78, 5) is 31.2. The molecule has 5 rings (SSSR count). The molecular formula is C31H36ClN3O4. The molecule has 1 saturated carbocycles. The van der Waals surface area contributed by atoms with E-state index in [1.165, 1.54) is 6.42 Å². The second-order valence-corrected chi connectivity index (χ2v) is 11.0. The number of ether oxygens (including phenoxy) is 2. The van der Waals surface area contributed by atoms with Gasteiger partial charge >= 0.3 is 0 Å². The molecule has 39 heavy (non-hydrogen) atoms. The first-order chi connectivity index (χ1) is 18.9. The summed E-state index contributed by atoms with van der Waals surface area (Å²) in [5.74, 6) is 0.957. The van der Waals surface area contributed by atoms with Crippen LogP contribution in [-0.2, 0) is 17.9 Å². The van der Waals surface area contributed by atoms with E-state index < -0.39 is 0 Å². The lowest BCUT2D eigenvalue weighted by Crippen LogP contribution is -2.49. The van der Waals surface area contributed by atoms with Gasteiger partial charge in [0, 0.05) is 41.1 Å². The quantitative estimate of drug-likeness (QED) is 0.322. The molecule has 2 heterocycles. The van der Waals surface area contributed by atoms with Crippen LogP contribution >= 0.6 is 11.6 Å². The van der Waals surface area contributed by atoms with Crippen LogP contribution in [0.25, 0.3) is 0 Å². The van der Waals surface area contributed by atoms with Crippen molar-refractivity contribution >= 4 is 23.4 Å². The van der Waals surface area contributed by atoms with Crippen molar-refractivity contribution in [2.24, 2.45) is 0 Å². The lowest BCUT2D eigenvalue weighted by atomic mass is 9.94. The Balaban J connectivity index is 1.36. The summed E-state index contributed by atoms with van der Waals surface area (Å²) in [6.45, 7) is 5.18. The number of hydrogen-bond donors (Lipinski definition) is 0. The van der Waals surface area contributed by atoms with Gasteiger partial charge in [-0.15, -0.1) is 0 Å². The van der Waals surface area contributed by atoms with Crippen LogP contribution in [0.4, 0.5) is 0 Å². The zero-order chi connectivity index (χ0) is 27.4. The third kappa shape index (κ3) is 6.25. The lowest BCUT2D eigenvalue weighted by molar-refractivity contribution is -0.136. The van der Waals surface area contributed by atoms with Crippen molar-refractivity contribution in [3.63, 3.8) is 0 Å². The fraction of sp³-hybridized carbons (Fsp3) is 0.419. The minimum absolute atomic E-state index is 0.0205. The van der Waals surface area contributed by atoms with E-state index >= 15 is 0 Å². The van der Waals surface area contributed by atoms with Gasteiger partial charge < -0.3 is 23.8 Å². The summed E-state index contributed by atoms with van der Waals surface area (Å²) in [6.07, 6.45) is 7.41. The van der Waals surface area contributed by atoms with Crippen LogP contribution < -0.4 is 9.47 Å². The van der Waals surface area contributed by atoms with E-state index in [2.05, 4.69) is 10.6 Å². The fourth-order valence-corrected chi connectivity index (χ4v) is 5.66. The Morgan fingerprint density at radius 2 is 1.77 bits per heavy atom. The third-order valence-corrected chi connectivity index (χ3v) is 8.07. The van der Waals surface area contributed by atoms with Crippen molar-refractivity contribution < 1.29 is 19.1 Å². The predicted molar refractivity (Wildman–Crippen MR) is 151 cm³/mol. The Kier molecular flexibility index (Phi) is 8.46. The van der Waals surface area contributed by atoms with Gasteiger partial charge in [-0.25, -0.2) is 0 Å². The van der Waals surface area contributed by atoms with Gasteiger partial charge in [0.2, 0.25) is 12.7 Å². The van der Waals surface area contributed by atoms with Gasteiger partial charge in [0.25, 0.3) is 5.91 Å². The average Bonchev–Trinajstić information content (AvgIpc) is 3.60. The highest BCUT2D eigenvalue weighted by Crippen LogP contribution is 2.33. The molecule has 1 fully saturated rings. The number of amides is 2. The zero-order valence-corrected chi connectivity index (χ0v) is 23.4. The number of hydrogen-bond acceptors (Lipinski definition) is 4. The van der Waals surface area contributed by atoms with Gasteiger partial charge in [-0.05, 0) is 68.7 Å². The van der Waals surface area contributed by atoms with Crippen LogP contribution in [0.3, 0.4) is 0 Å². The molecule has 7 nitrogen and oxygen atoms in total. The maximum atomic E-state index is 14.0. The SMILES string of the molecule is CC(C)N(CC(=O)N(Cc1cccn1Cc1ccccc1Cl)C1CCCCC1)C(=O)c1ccc2c(c1)OCO2.